The third kappa shape index (κ3) is 5.55. The number of nitrogens with zero attached hydrogens (tertiary/aromatic N) is 3. The Labute approximate surface area is 224 Å². The van der Waals surface area contributed by atoms with Gasteiger partial charge in [0.15, 0.2) is 0 Å². The molecule has 0 saturated carbocycles. The highest BCUT2D eigenvalue weighted by Crippen LogP contribution is 2.36. The average Bonchev–Trinajstić information content (AvgIpc) is 3.02. The maximum absolute atomic E-state index is 14.6. The van der Waals surface area contributed by atoms with Gasteiger partial charge in [0.25, 0.3) is 11.8 Å². The van der Waals surface area contributed by atoms with Gasteiger partial charge in [-0.2, -0.15) is 0 Å². The van der Waals surface area contributed by atoms with Gasteiger partial charge in [0, 0.05) is 43.9 Å². The molecule has 38 heavy (non-hydrogen) atoms. The fourth-order valence-electron chi connectivity index (χ4n) is 4.84. The van der Waals surface area contributed by atoms with Gasteiger partial charge in [0.05, 0.1) is 38.4 Å². The first-order chi connectivity index (χ1) is 18.4. The number of carbonyl (C=O) groups is 2. The largest absolute Gasteiger partial charge is 0.352 e. The van der Waals surface area contributed by atoms with Crippen molar-refractivity contribution < 1.29 is 18.2 Å². The van der Waals surface area contributed by atoms with Crippen LogP contribution in [0.1, 0.15) is 32.7 Å². The summed E-state index contributed by atoms with van der Waals surface area (Å²) in [7, 11) is 0.479. The van der Waals surface area contributed by atoms with Crippen LogP contribution in [0.15, 0.2) is 76.5 Å². The summed E-state index contributed by atoms with van der Waals surface area (Å²) in [5.41, 5.74) is 1.33. The Bertz CT molecular complexity index is 1370. The quantitative estimate of drug-likeness (QED) is 0.470. The molecule has 1 fully saturated rings. The molecular weight excluding hydrogens is 503 g/mol. The zero-order valence-electron chi connectivity index (χ0n) is 21.4. The molecule has 7 nitrogen and oxygen atoms in total. The van der Waals surface area contributed by atoms with Crippen LogP contribution in [0.4, 0.5) is 10.1 Å². The van der Waals surface area contributed by atoms with Crippen LogP contribution in [0.3, 0.4) is 0 Å². The lowest BCUT2D eigenvalue weighted by atomic mass is 10.1. The number of carbonyl (C=O) groups excluding carboxylic acids is 2. The van der Waals surface area contributed by atoms with Gasteiger partial charge < -0.3 is 20.0 Å². The molecule has 2 aliphatic heterocycles. The molecule has 9 heteroatoms. The van der Waals surface area contributed by atoms with Crippen LogP contribution in [-0.2, 0) is 17.3 Å². The minimum atomic E-state index is -1.64. The highest BCUT2D eigenvalue weighted by atomic mass is 32.2. The molecule has 2 heterocycles. The lowest BCUT2D eigenvalue weighted by molar-refractivity contribution is 0.0946. The minimum absolute atomic E-state index is 0.0554. The summed E-state index contributed by atoms with van der Waals surface area (Å²) in [6, 6.07) is 17.9. The molecule has 1 saturated heterocycles. The smallest absolute Gasteiger partial charge is 0.259 e. The number of hydrogen-bond donors (Lipinski definition) is 1. The van der Waals surface area contributed by atoms with Crippen LogP contribution >= 0.6 is 0 Å². The van der Waals surface area contributed by atoms with E-state index in [0.29, 0.717) is 38.7 Å². The molecule has 1 atom stereocenters. The number of fused-ring (bicyclic) bond motifs is 2. The van der Waals surface area contributed by atoms with Gasteiger partial charge in [0.2, 0.25) is 0 Å². The summed E-state index contributed by atoms with van der Waals surface area (Å²) >= 11 is 0. The first kappa shape index (κ1) is 26.2. The number of rotatable bonds is 7. The van der Waals surface area contributed by atoms with E-state index < -0.39 is 16.6 Å². The molecule has 0 aliphatic carbocycles. The van der Waals surface area contributed by atoms with Gasteiger partial charge in [-0.05, 0) is 56.4 Å². The molecule has 2 amide bonds. The lowest BCUT2D eigenvalue weighted by Crippen LogP contribution is -2.45. The van der Waals surface area contributed by atoms with E-state index in [1.165, 1.54) is 11.0 Å². The maximum Gasteiger partial charge on any atom is 0.259 e. The van der Waals surface area contributed by atoms with E-state index >= 15 is 0 Å². The van der Waals surface area contributed by atoms with Crippen molar-refractivity contribution in [1.82, 2.24) is 15.1 Å². The summed E-state index contributed by atoms with van der Waals surface area (Å²) in [6.07, 6.45) is 0.831. The predicted octanol–water partition coefficient (Wildman–Crippen LogP) is 3.52. The third-order valence-electron chi connectivity index (χ3n) is 7.09. The molecule has 1 unspecified atom stereocenters. The molecule has 0 spiro atoms. The van der Waals surface area contributed by atoms with Gasteiger partial charge >= 0.3 is 0 Å². The highest BCUT2D eigenvalue weighted by molar-refractivity contribution is 7.85. The van der Waals surface area contributed by atoms with Crippen molar-refractivity contribution in [2.75, 3.05) is 51.2 Å². The number of piperazine rings is 1. The molecular formula is C29H31FN4O3S. The lowest BCUT2D eigenvalue weighted by Gasteiger charge is -2.32. The SMILES string of the molecule is CN1CCN(CCCNC(=O)c2ccc3c(c2)N(Cc2ccccc2F)C(=O)c2ccccc2S3=O)CC1. The van der Waals surface area contributed by atoms with Gasteiger partial charge in [-0.1, -0.05) is 30.3 Å². The molecule has 0 bridgehead atoms. The molecule has 0 radical (unpaired) electrons. The number of amides is 2. The van der Waals surface area contributed by atoms with Crippen LogP contribution in [0, 0.1) is 5.82 Å². The molecule has 3 aromatic rings. The second-order valence-corrected chi connectivity index (χ2v) is 11.1. The summed E-state index contributed by atoms with van der Waals surface area (Å²) in [5, 5.41) is 2.97. The van der Waals surface area contributed by atoms with Gasteiger partial charge in [-0.15, -0.1) is 0 Å². The Kier molecular flexibility index (Phi) is 7.97. The fourth-order valence-corrected chi connectivity index (χ4v) is 6.18. The van der Waals surface area contributed by atoms with Crippen LogP contribution in [0.2, 0.25) is 0 Å². The third-order valence-corrected chi connectivity index (χ3v) is 8.59. The second-order valence-electron chi connectivity index (χ2n) is 9.68. The zero-order valence-corrected chi connectivity index (χ0v) is 22.2. The Hall–Kier alpha value is -3.40. The molecule has 1 N–H and O–H groups in total. The van der Waals surface area contributed by atoms with Crippen molar-refractivity contribution in [2.24, 2.45) is 0 Å². The van der Waals surface area contributed by atoms with E-state index in [9.17, 15) is 18.2 Å². The Balaban J connectivity index is 1.38. The number of likely N-dealkylation sites (N-methyl/N-ethyl adjacent to an activating group) is 1. The predicted molar refractivity (Wildman–Crippen MR) is 145 cm³/mol. The Morgan fingerprint density at radius 2 is 1.71 bits per heavy atom. The normalized spacial score (nSPS) is 18.0. The highest BCUT2D eigenvalue weighted by Gasteiger charge is 2.32. The fraction of sp³-hybridized carbons (Fsp3) is 0.310. The molecule has 3 aromatic carbocycles. The van der Waals surface area contributed by atoms with E-state index in [0.717, 1.165) is 39.1 Å². The number of halogens is 1. The molecule has 5 rings (SSSR count). The van der Waals surface area contributed by atoms with E-state index in [-0.39, 0.29) is 18.4 Å². The first-order valence-corrected chi connectivity index (χ1v) is 14.0. The van der Waals surface area contributed by atoms with Crippen molar-refractivity contribution in [3.05, 3.63) is 89.2 Å². The van der Waals surface area contributed by atoms with Crippen LogP contribution in [-0.4, -0.2) is 72.1 Å². The van der Waals surface area contributed by atoms with Crippen molar-refractivity contribution in [3.8, 4) is 0 Å². The molecule has 198 valence electrons. The number of nitrogens with one attached hydrogen (secondary N) is 1. The number of benzene rings is 3. The van der Waals surface area contributed by atoms with E-state index in [4.69, 9.17) is 0 Å². The monoisotopic (exact) mass is 534 g/mol. The summed E-state index contributed by atoms with van der Waals surface area (Å²) < 4.78 is 28.1. The number of anilines is 1. The van der Waals surface area contributed by atoms with Gasteiger partial charge in [-0.25, -0.2) is 8.60 Å². The van der Waals surface area contributed by atoms with E-state index in [2.05, 4.69) is 22.2 Å². The van der Waals surface area contributed by atoms with Crippen LogP contribution in [0.5, 0.6) is 0 Å². The zero-order chi connectivity index (χ0) is 26.6. The number of hydrogen-bond acceptors (Lipinski definition) is 5. The summed E-state index contributed by atoms with van der Waals surface area (Å²) in [5.74, 6) is -1.09. The van der Waals surface area contributed by atoms with Crippen molar-refractivity contribution in [3.63, 3.8) is 0 Å². The van der Waals surface area contributed by atoms with E-state index in [1.807, 2.05) is 0 Å². The van der Waals surface area contributed by atoms with E-state index in [1.54, 1.807) is 60.7 Å². The topological polar surface area (TPSA) is 73.0 Å². The van der Waals surface area contributed by atoms with Gasteiger partial charge in [0.1, 0.15) is 5.82 Å². The van der Waals surface area contributed by atoms with Crippen molar-refractivity contribution in [2.45, 2.75) is 22.8 Å². The van der Waals surface area contributed by atoms with Gasteiger partial charge in [-0.3, -0.25) is 9.59 Å². The van der Waals surface area contributed by atoms with Crippen LogP contribution < -0.4 is 10.2 Å². The van der Waals surface area contributed by atoms with Crippen LogP contribution in [0.25, 0.3) is 0 Å². The molecule has 2 aliphatic rings. The summed E-state index contributed by atoms with van der Waals surface area (Å²) in [4.78, 5) is 33.7. The first-order valence-electron chi connectivity index (χ1n) is 12.8. The molecule has 0 aromatic heterocycles. The Morgan fingerprint density at radius 3 is 2.50 bits per heavy atom. The minimum Gasteiger partial charge on any atom is -0.352 e. The standard InChI is InChI=1S/C29H31FN4O3S/c1-32-15-17-33(18-16-32)14-6-13-31-28(35)21-11-12-27-25(19-21)34(20-22-7-2-4-9-24(22)30)29(36)23-8-3-5-10-26(23)38(27)37/h2-5,7-12,19H,6,13-18,20H2,1H3,(H,31,35). The Morgan fingerprint density at radius 1 is 0.974 bits per heavy atom. The van der Waals surface area contributed by atoms with Crippen molar-refractivity contribution >= 4 is 28.3 Å². The maximum atomic E-state index is 14.6. The van der Waals surface area contributed by atoms with Crippen molar-refractivity contribution in [1.29, 1.82) is 0 Å². The second kappa shape index (κ2) is 11.6. The average molecular weight is 535 g/mol. The summed E-state index contributed by atoms with van der Waals surface area (Å²) in [6.45, 7) is 5.54.